The molecule has 0 radical (unpaired) electrons. The number of nitrogens with two attached hydrogens (primary N) is 1. The predicted molar refractivity (Wildman–Crippen MR) is 61.6 cm³/mol. The molecule has 84 valence electrons. The molecule has 4 heteroatoms. The maximum Gasteiger partial charge on any atom is 0.328 e. The van der Waals surface area contributed by atoms with Gasteiger partial charge in [0.25, 0.3) is 0 Å². The van der Waals surface area contributed by atoms with Gasteiger partial charge in [-0.1, -0.05) is 19.9 Å². The van der Waals surface area contributed by atoms with Gasteiger partial charge in [-0.25, -0.2) is 4.79 Å². The number of hydrogen-bond donors (Lipinski definition) is 1. The standard InChI is InChI=1S/C11H17NO2S/c1-7(2)8(3)14-11(13)10(12)9-5-4-6-15-9/h4-8,10H,12H2,1-3H3. The van der Waals surface area contributed by atoms with Crippen molar-refractivity contribution in [3.8, 4) is 0 Å². The van der Waals surface area contributed by atoms with Gasteiger partial charge in [0.2, 0.25) is 0 Å². The summed E-state index contributed by atoms with van der Waals surface area (Å²) < 4.78 is 5.24. The van der Waals surface area contributed by atoms with Crippen molar-refractivity contribution in [1.29, 1.82) is 0 Å². The summed E-state index contributed by atoms with van der Waals surface area (Å²) >= 11 is 1.47. The third-order valence-corrected chi connectivity index (χ3v) is 3.30. The molecule has 0 aliphatic rings. The minimum atomic E-state index is -0.647. The molecule has 0 saturated heterocycles. The molecule has 0 aliphatic heterocycles. The fourth-order valence-corrected chi connectivity index (χ4v) is 1.69. The number of thiophene rings is 1. The molecule has 1 aromatic rings. The van der Waals surface area contributed by atoms with Gasteiger partial charge < -0.3 is 10.5 Å². The molecular formula is C11H17NO2S. The van der Waals surface area contributed by atoms with Crippen molar-refractivity contribution >= 4 is 17.3 Å². The average molecular weight is 227 g/mol. The highest BCUT2D eigenvalue weighted by molar-refractivity contribution is 7.10. The van der Waals surface area contributed by atoms with E-state index in [1.54, 1.807) is 0 Å². The predicted octanol–water partition coefficient (Wildman–Crippen LogP) is 2.34. The van der Waals surface area contributed by atoms with Crippen LogP contribution < -0.4 is 5.73 Å². The first kappa shape index (κ1) is 12.2. The molecular weight excluding hydrogens is 210 g/mol. The Labute approximate surface area is 94.2 Å². The Balaban J connectivity index is 2.54. The summed E-state index contributed by atoms with van der Waals surface area (Å²) in [5.41, 5.74) is 5.77. The summed E-state index contributed by atoms with van der Waals surface area (Å²) in [5, 5.41) is 1.90. The van der Waals surface area contributed by atoms with Crippen LogP contribution in [0.25, 0.3) is 0 Å². The monoisotopic (exact) mass is 227 g/mol. The number of rotatable bonds is 4. The van der Waals surface area contributed by atoms with Crippen LogP contribution in [0.3, 0.4) is 0 Å². The Bertz CT molecular complexity index is 308. The summed E-state index contributed by atoms with van der Waals surface area (Å²) in [7, 11) is 0. The maximum atomic E-state index is 11.6. The molecule has 2 atom stereocenters. The van der Waals surface area contributed by atoms with Crippen LogP contribution >= 0.6 is 11.3 Å². The van der Waals surface area contributed by atoms with Gasteiger partial charge in [-0.05, 0) is 24.3 Å². The molecule has 0 saturated carbocycles. The van der Waals surface area contributed by atoms with Gasteiger partial charge in [0.05, 0.1) is 0 Å². The summed E-state index contributed by atoms with van der Waals surface area (Å²) in [4.78, 5) is 12.5. The Morgan fingerprint density at radius 1 is 1.47 bits per heavy atom. The molecule has 0 fully saturated rings. The van der Waals surface area contributed by atoms with Crippen LogP contribution in [0.2, 0.25) is 0 Å². The molecule has 0 aromatic carbocycles. The van der Waals surface area contributed by atoms with E-state index in [4.69, 9.17) is 10.5 Å². The van der Waals surface area contributed by atoms with Crippen LogP contribution in [-0.2, 0) is 9.53 Å². The molecule has 0 amide bonds. The van der Waals surface area contributed by atoms with Crippen molar-refractivity contribution in [2.24, 2.45) is 11.7 Å². The lowest BCUT2D eigenvalue weighted by atomic mass is 10.1. The second kappa shape index (κ2) is 5.28. The van der Waals surface area contributed by atoms with Gasteiger partial charge in [0, 0.05) is 4.88 Å². The second-order valence-electron chi connectivity index (χ2n) is 3.88. The van der Waals surface area contributed by atoms with E-state index in [-0.39, 0.29) is 12.1 Å². The van der Waals surface area contributed by atoms with Crippen LogP contribution in [0.5, 0.6) is 0 Å². The van der Waals surface area contributed by atoms with Crippen LogP contribution in [0.1, 0.15) is 31.7 Å². The Kier molecular flexibility index (Phi) is 4.29. The van der Waals surface area contributed by atoms with E-state index in [1.165, 1.54) is 11.3 Å². The zero-order valence-electron chi connectivity index (χ0n) is 9.27. The van der Waals surface area contributed by atoms with Crippen molar-refractivity contribution in [1.82, 2.24) is 0 Å². The molecule has 2 N–H and O–H groups in total. The highest BCUT2D eigenvalue weighted by Gasteiger charge is 2.21. The fourth-order valence-electron chi connectivity index (χ4n) is 0.977. The summed E-state index contributed by atoms with van der Waals surface area (Å²) in [5.74, 6) is -0.0388. The van der Waals surface area contributed by atoms with Gasteiger partial charge in [-0.2, -0.15) is 0 Å². The van der Waals surface area contributed by atoms with Gasteiger partial charge >= 0.3 is 5.97 Å². The van der Waals surface area contributed by atoms with Crippen LogP contribution in [-0.4, -0.2) is 12.1 Å². The minimum absolute atomic E-state index is 0.0940. The van der Waals surface area contributed by atoms with E-state index in [1.807, 2.05) is 38.3 Å². The topological polar surface area (TPSA) is 52.3 Å². The van der Waals surface area contributed by atoms with Crippen molar-refractivity contribution < 1.29 is 9.53 Å². The highest BCUT2D eigenvalue weighted by Crippen LogP contribution is 2.19. The molecule has 1 rings (SSSR count). The summed E-state index contributed by atoms with van der Waals surface area (Å²) in [6.45, 7) is 5.90. The van der Waals surface area contributed by atoms with E-state index in [0.29, 0.717) is 5.92 Å². The molecule has 1 heterocycles. The van der Waals surface area contributed by atoms with Gasteiger partial charge in [-0.3, -0.25) is 0 Å². The number of carbonyl (C=O) groups is 1. The molecule has 15 heavy (non-hydrogen) atoms. The first-order chi connectivity index (χ1) is 7.02. The Morgan fingerprint density at radius 2 is 2.13 bits per heavy atom. The zero-order chi connectivity index (χ0) is 11.4. The smallest absolute Gasteiger partial charge is 0.328 e. The van der Waals surface area contributed by atoms with E-state index in [0.717, 1.165) is 4.88 Å². The first-order valence-electron chi connectivity index (χ1n) is 5.02. The fraction of sp³-hybridized carbons (Fsp3) is 0.545. The normalized spacial score (nSPS) is 15.0. The maximum absolute atomic E-state index is 11.6. The molecule has 1 aromatic heterocycles. The first-order valence-corrected chi connectivity index (χ1v) is 5.89. The molecule has 0 bridgehead atoms. The largest absolute Gasteiger partial charge is 0.461 e. The molecule has 0 aliphatic carbocycles. The average Bonchev–Trinajstić information content (AvgIpc) is 2.68. The van der Waals surface area contributed by atoms with Crippen molar-refractivity contribution in [3.05, 3.63) is 22.4 Å². The lowest BCUT2D eigenvalue weighted by molar-refractivity contribution is -0.151. The molecule has 0 spiro atoms. The lowest BCUT2D eigenvalue weighted by Gasteiger charge is -2.18. The Hall–Kier alpha value is -0.870. The SMILES string of the molecule is CC(C)C(C)OC(=O)C(N)c1cccs1. The number of esters is 1. The quantitative estimate of drug-likeness (QED) is 0.803. The van der Waals surface area contributed by atoms with Gasteiger partial charge in [0.1, 0.15) is 12.1 Å². The van der Waals surface area contributed by atoms with Crippen LogP contribution in [0, 0.1) is 5.92 Å². The van der Waals surface area contributed by atoms with E-state index >= 15 is 0 Å². The molecule has 2 unspecified atom stereocenters. The lowest BCUT2D eigenvalue weighted by Crippen LogP contribution is -2.28. The number of hydrogen-bond acceptors (Lipinski definition) is 4. The summed E-state index contributed by atoms with van der Waals surface area (Å²) in [6, 6.07) is 3.07. The Morgan fingerprint density at radius 3 is 2.60 bits per heavy atom. The zero-order valence-corrected chi connectivity index (χ0v) is 10.1. The highest BCUT2D eigenvalue weighted by atomic mass is 32.1. The van der Waals surface area contributed by atoms with Crippen molar-refractivity contribution in [2.45, 2.75) is 32.9 Å². The van der Waals surface area contributed by atoms with E-state index in [2.05, 4.69) is 0 Å². The number of carbonyl (C=O) groups excluding carboxylic acids is 1. The van der Waals surface area contributed by atoms with E-state index in [9.17, 15) is 4.79 Å². The van der Waals surface area contributed by atoms with E-state index < -0.39 is 6.04 Å². The van der Waals surface area contributed by atoms with Gasteiger partial charge in [0.15, 0.2) is 0 Å². The second-order valence-corrected chi connectivity index (χ2v) is 4.86. The molecule has 3 nitrogen and oxygen atoms in total. The number of ether oxygens (including phenoxy) is 1. The third-order valence-electron chi connectivity index (χ3n) is 2.34. The van der Waals surface area contributed by atoms with Crippen molar-refractivity contribution in [3.63, 3.8) is 0 Å². The summed E-state index contributed by atoms with van der Waals surface area (Å²) in [6.07, 6.45) is -0.0940. The minimum Gasteiger partial charge on any atom is -0.461 e. The van der Waals surface area contributed by atoms with Gasteiger partial charge in [-0.15, -0.1) is 11.3 Å². The van der Waals surface area contributed by atoms with Crippen LogP contribution in [0.4, 0.5) is 0 Å². The third kappa shape index (κ3) is 3.32. The van der Waals surface area contributed by atoms with Crippen molar-refractivity contribution in [2.75, 3.05) is 0 Å². The van der Waals surface area contributed by atoms with Crippen LogP contribution in [0.15, 0.2) is 17.5 Å².